The van der Waals surface area contributed by atoms with Crippen molar-refractivity contribution in [2.24, 2.45) is 35.5 Å². The van der Waals surface area contributed by atoms with Crippen LogP contribution in [0, 0.1) is 35.5 Å². The van der Waals surface area contributed by atoms with Gasteiger partial charge in [-0.15, -0.1) is 0 Å². The van der Waals surface area contributed by atoms with E-state index in [0.717, 1.165) is 12.0 Å². The minimum absolute atomic E-state index is 0.0105. The van der Waals surface area contributed by atoms with Gasteiger partial charge in [-0.1, -0.05) is 71.1 Å². The molecule has 3 fully saturated rings. The Morgan fingerprint density at radius 2 is 1.33 bits per heavy atom. The second-order valence-electron chi connectivity index (χ2n) is 25.0. The number of cyclic esters (lactones) is 1. The number of hydrogen-bond donors (Lipinski definition) is 4. The van der Waals surface area contributed by atoms with Crippen LogP contribution in [0.4, 0.5) is 0 Å². The Labute approximate surface area is 548 Å². The number of esters is 1. The van der Waals surface area contributed by atoms with Crippen molar-refractivity contribution < 1.29 is 96.1 Å². The Morgan fingerprint density at radius 1 is 0.714 bits per heavy atom. The lowest BCUT2D eigenvalue weighted by Gasteiger charge is -2.43. The number of carbonyl (C=O) groups is 4. The molecular formula is C68H114N2O20S. The van der Waals surface area contributed by atoms with E-state index < -0.39 is 83.9 Å². The highest BCUT2D eigenvalue weighted by Gasteiger charge is 2.53. The second-order valence-corrected chi connectivity index (χ2v) is 25.3. The van der Waals surface area contributed by atoms with E-state index in [4.69, 9.17) is 73.8 Å². The molecule has 4 aliphatic rings. The van der Waals surface area contributed by atoms with Crippen LogP contribution in [0.2, 0.25) is 0 Å². The van der Waals surface area contributed by atoms with Crippen molar-refractivity contribution in [3.8, 4) is 0 Å². The first-order valence-electron chi connectivity index (χ1n) is 33.3. The van der Waals surface area contributed by atoms with Crippen LogP contribution in [0.1, 0.15) is 132 Å². The summed E-state index contributed by atoms with van der Waals surface area (Å²) in [6.07, 6.45) is 10.8. The first-order chi connectivity index (χ1) is 43.7. The Balaban J connectivity index is 1.38. The van der Waals surface area contributed by atoms with E-state index in [9.17, 15) is 34.5 Å². The zero-order valence-electron chi connectivity index (χ0n) is 56.6. The molecule has 3 aliphatic heterocycles. The van der Waals surface area contributed by atoms with Crippen LogP contribution in [0.3, 0.4) is 0 Å². The molecule has 16 atom stereocenters. The van der Waals surface area contributed by atoms with Crippen LogP contribution in [0.5, 0.6) is 0 Å². The number of aliphatic hydroxyl groups excluding tert-OH is 2. The number of carbonyl (C=O) groups excluding carboxylic acids is 4. The van der Waals surface area contributed by atoms with Crippen molar-refractivity contribution in [1.82, 2.24) is 10.2 Å². The van der Waals surface area contributed by atoms with Gasteiger partial charge in [0.25, 0.3) is 16.9 Å². The number of allylic oxidation sites excluding steroid dienone is 5. The standard InChI is InChI=1S/C68H114N2O20S/c1-12-81-28-29-83-32-33-85-36-37-87-39-38-86-35-34-84-31-30-82-27-25-69-67(91)89-57-24-22-53(43-60(57)79-10)42-49(5)59-45-56(71)48(4)41-51(7)62(73)63(80-11)61(72)50(6)40-46(2)18-14-13-15-19-47(3)58(78-9)44-54-23-21-52(8)68(77,90-54)64(74)65(75)70-26-17-16-20-55(70)66(76)88-59/h13-15,18-19,41,46,48-50,52-60,62-63,71,73,77H,12,16-17,20-40,42-45H2,1-11H3,(H,69,91)/b15-13+,18-14+,47-19+,51-41+/t46-,48-,49-,50-,52-,53+,54+,55+,56-,57?,58+,59+,60-,62-,63+,68-/m1/s1. The van der Waals surface area contributed by atoms with Crippen LogP contribution in [0.15, 0.2) is 47.6 Å². The second kappa shape index (κ2) is 44.2. The van der Waals surface area contributed by atoms with Gasteiger partial charge in [0.1, 0.15) is 30.5 Å². The topological polar surface area (TPSA) is 264 Å². The number of aliphatic hydroxyl groups is 3. The lowest BCUT2D eigenvalue weighted by atomic mass is 9.78. The molecule has 0 aromatic heterocycles. The third-order valence-electron chi connectivity index (χ3n) is 17.8. The fraction of sp³-hybridized carbons (Fsp3) is 0.809. The summed E-state index contributed by atoms with van der Waals surface area (Å²) in [5, 5.41) is 39.1. The predicted molar refractivity (Wildman–Crippen MR) is 347 cm³/mol. The van der Waals surface area contributed by atoms with Crippen LogP contribution in [-0.4, -0.2) is 236 Å². The number of thiocarbonyl (C=S) groups is 1. The summed E-state index contributed by atoms with van der Waals surface area (Å²) >= 11 is 5.58. The summed E-state index contributed by atoms with van der Waals surface area (Å²) < 4.78 is 75.0. The molecule has 91 heavy (non-hydrogen) atoms. The molecular weight excluding hydrogens is 1200 g/mol. The number of fused-ring (bicyclic) bond motifs is 3. The minimum atomic E-state index is -2.45. The summed E-state index contributed by atoms with van der Waals surface area (Å²) in [7, 11) is 4.61. The molecule has 1 amide bonds. The number of Topliss-reactive ketones (excluding diaryl/α,β-unsaturated/α-hetero) is 2. The van der Waals surface area contributed by atoms with Crippen LogP contribution >= 0.6 is 12.2 Å². The normalized spacial score (nSPS) is 33.0. The molecule has 0 radical (unpaired) electrons. The number of amides is 1. The van der Waals surface area contributed by atoms with E-state index >= 15 is 0 Å². The number of methoxy groups -OCH3 is 3. The van der Waals surface area contributed by atoms with Crippen molar-refractivity contribution in [2.75, 3.05) is 127 Å². The van der Waals surface area contributed by atoms with Gasteiger partial charge in [-0.05, 0) is 126 Å². The molecule has 3 heterocycles. The van der Waals surface area contributed by atoms with Crippen molar-refractivity contribution >= 4 is 40.8 Å². The van der Waals surface area contributed by atoms with E-state index in [1.54, 1.807) is 41.1 Å². The van der Waals surface area contributed by atoms with Gasteiger partial charge in [0, 0.05) is 71.6 Å². The van der Waals surface area contributed by atoms with Crippen LogP contribution in [0.25, 0.3) is 0 Å². The Bertz CT molecular complexity index is 2250. The maximum atomic E-state index is 14.7. The van der Waals surface area contributed by atoms with Crippen molar-refractivity contribution in [3.63, 3.8) is 0 Å². The highest BCUT2D eigenvalue weighted by molar-refractivity contribution is 7.80. The third kappa shape index (κ3) is 27.9. The van der Waals surface area contributed by atoms with Gasteiger partial charge in [0.15, 0.2) is 5.78 Å². The molecule has 1 saturated carbocycles. The molecule has 522 valence electrons. The van der Waals surface area contributed by atoms with Gasteiger partial charge >= 0.3 is 5.97 Å². The largest absolute Gasteiger partial charge is 0.465 e. The number of ether oxygens (including phenoxy) is 13. The van der Waals surface area contributed by atoms with Gasteiger partial charge in [-0.3, -0.25) is 14.4 Å². The molecule has 2 bridgehead atoms. The van der Waals surface area contributed by atoms with Crippen molar-refractivity contribution in [1.29, 1.82) is 0 Å². The highest BCUT2D eigenvalue weighted by Crippen LogP contribution is 2.38. The molecule has 1 unspecified atom stereocenters. The lowest BCUT2D eigenvalue weighted by molar-refractivity contribution is -0.265. The number of ketones is 2. The van der Waals surface area contributed by atoms with Gasteiger partial charge in [0.05, 0.1) is 110 Å². The van der Waals surface area contributed by atoms with Gasteiger partial charge in [0.2, 0.25) is 5.79 Å². The first kappa shape index (κ1) is 79.8. The van der Waals surface area contributed by atoms with E-state index in [-0.39, 0.29) is 60.3 Å². The Hall–Kier alpha value is -3.63. The zero-order valence-corrected chi connectivity index (χ0v) is 57.4. The SMILES string of the molecule is CCOCCOCCOCCOCCOCCOCCOCCNC(=S)OC1CC[C@@H](C[C@@H](C)[C@@H]2C[C@@H](O)[C@H](C)/C=C(\C)[C@@H](O)[C@@H](OC)C(=O)[C@H](C)C[C@H](C)/C=C/C=C/C=C(\C)[C@@H](OC)C[C@@H]3CC[C@@H](C)[C@@](O)(O3)C(=O)C(=O)N3CCCC[C@H]3C(=O)O2)C[C@H]1OC. The first-order valence-corrected chi connectivity index (χ1v) is 33.7. The molecule has 0 aromatic rings. The van der Waals surface area contributed by atoms with Gasteiger partial charge < -0.3 is 87.1 Å². The van der Waals surface area contributed by atoms with Crippen LogP contribution < -0.4 is 5.32 Å². The number of nitrogens with zero attached hydrogens (tertiary/aromatic N) is 1. The number of piperidine rings is 1. The molecule has 0 aromatic carbocycles. The monoisotopic (exact) mass is 1310 g/mol. The molecule has 0 spiro atoms. The van der Waals surface area contributed by atoms with Gasteiger partial charge in [-0.25, -0.2) is 4.79 Å². The number of rotatable bonds is 29. The van der Waals surface area contributed by atoms with E-state index in [0.29, 0.717) is 162 Å². The fourth-order valence-electron chi connectivity index (χ4n) is 12.2. The molecule has 22 nitrogen and oxygen atoms in total. The summed E-state index contributed by atoms with van der Waals surface area (Å²) in [6, 6.07) is -1.15. The van der Waals surface area contributed by atoms with E-state index in [1.807, 2.05) is 65.0 Å². The molecule has 1 aliphatic carbocycles. The number of nitrogens with one attached hydrogen (secondary N) is 1. The zero-order chi connectivity index (χ0) is 66.7. The third-order valence-corrected chi connectivity index (χ3v) is 18.1. The number of hydrogen-bond acceptors (Lipinski definition) is 21. The average Bonchev–Trinajstić information content (AvgIpc) is 1.05. The van der Waals surface area contributed by atoms with Crippen molar-refractivity contribution in [3.05, 3.63) is 47.6 Å². The smallest absolute Gasteiger partial charge is 0.329 e. The molecule has 23 heteroatoms. The van der Waals surface area contributed by atoms with Crippen LogP contribution in [-0.2, 0) is 80.8 Å². The van der Waals surface area contributed by atoms with E-state index in [2.05, 4.69) is 5.32 Å². The molecule has 4 rings (SSSR count). The van der Waals surface area contributed by atoms with Gasteiger partial charge in [-0.2, -0.15) is 0 Å². The minimum Gasteiger partial charge on any atom is -0.465 e. The van der Waals surface area contributed by atoms with E-state index in [1.165, 1.54) is 12.0 Å². The highest BCUT2D eigenvalue weighted by atomic mass is 32.1. The molecule has 2 saturated heterocycles. The molecule has 4 N–H and O–H groups in total. The summed E-state index contributed by atoms with van der Waals surface area (Å²) in [5.74, 6) is -7.56. The summed E-state index contributed by atoms with van der Waals surface area (Å²) in [6.45, 7) is 22.1. The van der Waals surface area contributed by atoms with Crippen molar-refractivity contribution in [2.45, 2.75) is 193 Å². The summed E-state index contributed by atoms with van der Waals surface area (Å²) in [4.78, 5) is 58.7. The predicted octanol–water partition coefficient (Wildman–Crippen LogP) is 7.01. The maximum absolute atomic E-state index is 14.7. The summed E-state index contributed by atoms with van der Waals surface area (Å²) in [5.41, 5.74) is 1.31. The Kier molecular flexibility index (Phi) is 38.7. The fourth-order valence-corrected chi connectivity index (χ4v) is 12.5. The maximum Gasteiger partial charge on any atom is 0.329 e. The lowest BCUT2D eigenvalue weighted by Crippen LogP contribution is -2.61. The Morgan fingerprint density at radius 3 is 1.92 bits per heavy atom. The quantitative estimate of drug-likeness (QED) is 0.0193. The average molecular weight is 1310 g/mol.